The zero-order chi connectivity index (χ0) is 10.9. The Labute approximate surface area is 88.8 Å². The first-order chi connectivity index (χ1) is 7.07. The second-order valence-electron chi connectivity index (χ2n) is 3.79. The zero-order valence-electron chi connectivity index (χ0n) is 8.18. The van der Waals surface area contributed by atoms with E-state index in [9.17, 15) is 8.42 Å². The number of rotatable bonds is 4. The number of nitrogens with one attached hydrogen (secondary N) is 1. The van der Waals surface area contributed by atoms with Crippen molar-refractivity contribution in [2.24, 2.45) is 5.92 Å². The predicted octanol–water partition coefficient (Wildman–Crippen LogP) is 0.815. The van der Waals surface area contributed by atoms with Gasteiger partial charge in [-0.2, -0.15) is 0 Å². The van der Waals surface area contributed by atoms with E-state index in [-0.39, 0.29) is 5.75 Å². The van der Waals surface area contributed by atoms with Crippen molar-refractivity contribution in [3.63, 3.8) is 0 Å². The average molecular weight is 227 g/mol. The number of nitrogen functional groups attached to an aromatic ring is 1. The Morgan fingerprint density at radius 2 is 2.27 bits per heavy atom. The molecule has 0 aromatic carbocycles. The molecule has 0 amide bonds. The molecule has 1 aliphatic carbocycles. The van der Waals surface area contributed by atoms with Gasteiger partial charge in [-0.25, -0.2) is 8.42 Å². The van der Waals surface area contributed by atoms with Crippen LogP contribution in [0.4, 0.5) is 11.4 Å². The number of sulfonamides is 1. The highest BCUT2D eigenvalue weighted by atomic mass is 32.2. The molecule has 1 aliphatic rings. The molecule has 1 saturated carbocycles. The van der Waals surface area contributed by atoms with Crippen LogP contribution in [0.3, 0.4) is 0 Å². The average Bonchev–Trinajstić information content (AvgIpc) is 2.91. The lowest BCUT2D eigenvalue weighted by Crippen LogP contribution is -2.18. The monoisotopic (exact) mass is 227 g/mol. The largest absolute Gasteiger partial charge is 0.396 e. The number of nitrogens with two attached hydrogens (primary N) is 1. The fourth-order valence-electron chi connectivity index (χ4n) is 1.30. The van der Waals surface area contributed by atoms with Crippen LogP contribution >= 0.6 is 0 Å². The Kier molecular flexibility index (Phi) is 2.52. The first-order valence-electron chi connectivity index (χ1n) is 4.77. The van der Waals surface area contributed by atoms with Crippen LogP contribution in [0.2, 0.25) is 0 Å². The summed E-state index contributed by atoms with van der Waals surface area (Å²) in [6.07, 6.45) is 4.94. The molecule has 1 heterocycles. The van der Waals surface area contributed by atoms with Crippen molar-refractivity contribution in [1.29, 1.82) is 0 Å². The quantitative estimate of drug-likeness (QED) is 0.797. The minimum atomic E-state index is -3.25. The van der Waals surface area contributed by atoms with Crippen molar-refractivity contribution in [2.75, 3.05) is 16.2 Å². The van der Waals surface area contributed by atoms with E-state index in [1.807, 2.05) is 0 Å². The maximum Gasteiger partial charge on any atom is 0.233 e. The SMILES string of the molecule is Nc1cnccc1NS(=O)(=O)CC1CC1. The van der Waals surface area contributed by atoms with Crippen LogP contribution in [-0.2, 0) is 10.0 Å². The Morgan fingerprint density at radius 3 is 2.87 bits per heavy atom. The van der Waals surface area contributed by atoms with Crippen LogP contribution in [0.15, 0.2) is 18.5 Å². The Bertz CT molecular complexity index is 454. The summed E-state index contributed by atoms with van der Waals surface area (Å²) >= 11 is 0. The molecule has 1 aromatic rings. The highest BCUT2D eigenvalue weighted by Crippen LogP contribution is 2.31. The third-order valence-corrected chi connectivity index (χ3v) is 3.71. The molecule has 2 rings (SSSR count). The molecule has 0 spiro atoms. The Morgan fingerprint density at radius 1 is 1.53 bits per heavy atom. The van der Waals surface area contributed by atoms with Gasteiger partial charge in [-0.05, 0) is 24.8 Å². The Hall–Kier alpha value is -1.30. The first-order valence-corrected chi connectivity index (χ1v) is 6.42. The van der Waals surface area contributed by atoms with E-state index < -0.39 is 10.0 Å². The molecule has 82 valence electrons. The molecule has 0 bridgehead atoms. The summed E-state index contributed by atoms with van der Waals surface area (Å²) in [5.74, 6) is 0.514. The minimum absolute atomic E-state index is 0.189. The number of pyridine rings is 1. The number of anilines is 2. The van der Waals surface area contributed by atoms with Gasteiger partial charge in [0.1, 0.15) is 0 Å². The van der Waals surface area contributed by atoms with E-state index in [0.29, 0.717) is 17.3 Å². The van der Waals surface area contributed by atoms with Crippen molar-refractivity contribution < 1.29 is 8.42 Å². The van der Waals surface area contributed by atoms with E-state index in [0.717, 1.165) is 12.8 Å². The van der Waals surface area contributed by atoms with Crippen LogP contribution in [0.1, 0.15) is 12.8 Å². The summed E-state index contributed by atoms with van der Waals surface area (Å²) in [7, 11) is -3.25. The van der Waals surface area contributed by atoms with Gasteiger partial charge in [0, 0.05) is 6.20 Å². The van der Waals surface area contributed by atoms with Crippen LogP contribution in [0, 0.1) is 5.92 Å². The van der Waals surface area contributed by atoms with Gasteiger partial charge in [0.15, 0.2) is 0 Å². The number of hydrogen-bond acceptors (Lipinski definition) is 4. The molecule has 0 atom stereocenters. The zero-order valence-corrected chi connectivity index (χ0v) is 9.00. The molecule has 0 radical (unpaired) electrons. The molecule has 6 heteroatoms. The van der Waals surface area contributed by atoms with Crippen LogP contribution in [-0.4, -0.2) is 19.2 Å². The highest BCUT2D eigenvalue weighted by molar-refractivity contribution is 7.92. The van der Waals surface area contributed by atoms with Crippen molar-refractivity contribution in [2.45, 2.75) is 12.8 Å². The van der Waals surface area contributed by atoms with Gasteiger partial charge in [-0.3, -0.25) is 9.71 Å². The third kappa shape index (κ3) is 2.82. The van der Waals surface area contributed by atoms with Gasteiger partial charge in [-0.1, -0.05) is 0 Å². The lowest BCUT2D eigenvalue weighted by molar-refractivity contribution is 0.597. The van der Waals surface area contributed by atoms with Crippen molar-refractivity contribution in [1.82, 2.24) is 4.98 Å². The maximum atomic E-state index is 11.6. The highest BCUT2D eigenvalue weighted by Gasteiger charge is 2.28. The van der Waals surface area contributed by atoms with E-state index in [2.05, 4.69) is 9.71 Å². The molecule has 0 aliphatic heterocycles. The van der Waals surface area contributed by atoms with Crippen LogP contribution in [0.25, 0.3) is 0 Å². The van der Waals surface area contributed by atoms with Gasteiger partial charge in [-0.15, -0.1) is 0 Å². The molecule has 0 saturated heterocycles. The van der Waals surface area contributed by atoms with Gasteiger partial charge < -0.3 is 5.73 Å². The maximum absolute atomic E-state index is 11.6. The fourth-order valence-corrected chi connectivity index (χ4v) is 2.86. The van der Waals surface area contributed by atoms with E-state index in [1.54, 1.807) is 6.07 Å². The van der Waals surface area contributed by atoms with Crippen molar-refractivity contribution in [3.05, 3.63) is 18.5 Å². The smallest absolute Gasteiger partial charge is 0.233 e. The second kappa shape index (κ2) is 3.69. The van der Waals surface area contributed by atoms with Crippen molar-refractivity contribution in [3.8, 4) is 0 Å². The summed E-state index contributed by atoms with van der Waals surface area (Å²) in [4.78, 5) is 3.79. The van der Waals surface area contributed by atoms with E-state index in [1.165, 1.54) is 12.4 Å². The number of aromatic nitrogens is 1. The van der Waals surface area contributed by atoms with Gasteiger partial charge in [0.2, 0.25) is 10.0 Å². The number of nitrogens with zero attached hydrogens (tertiary/aromatic N) is 1. The van der Waals surface area contributed by atoms with Gasteiger partial charge in [0.25, 0.3) is 0 Å². The normalized spacial score (nSPS) is 16.3. The topological polar surface area (TPSA) is 85.1 Å². The standard InChI is InChI=1S/C9H13N3O2S/c10-8-5-11-4-3-9(8)12-15(13,14)6-7-1-2-7/h3-5,7H,1-2,6,10H2,(H,11,12). The van der Waals surface area contributed by atoms with Crippen molar-refractivity contribution >= 4 is 21.4 Å². The first kappa shape index (κ1) is 10.2. The lowest BCUT2D eigenvalue weighted by atomic mass is 10.4. The molecular weight excluding hydrogens is 214 g/mol. The summed E-state index contributed by atoms with van der Waals surface area (Å²) in [5, 5.41) is 0. The molecule has 0 unspecified atom stereocenters. The second-order valence-corrected chi connectivity index (χ2v) is 5.56. The molecular formula is C9H13N3O2S. The lowest BCUT2D eigenvalue weighted by Gasteiger charge is -2.08. The summed E-state index contributed by atoms with van der Waals surface area (Å²) in [6.45, 7) is 0. The fraction of sp³-hybridized carbons (Fsp3) is 0.444. The van der Waals surface area contributed by atoms with Gasteiger partial charge in [0.05, 0.1) is 23.3 Å². The summed E-state index contributed by atoms with van der Waals surface area (Å²) in [5.41, 5.74) is 6.34. The molecule has 15 heavy (non-hydrogen) atoms. The predicted molar refractivity (Wildman–Crippen MR) is 58.8 cm³/mol. The van der Waals surface area contributed by atoms with Gasteiger partial charge >= 0.3 is 0 Å². The minimum Gasteiger partial charge on any atom is -0.396 e. The summed E-state index contributed by atoms with van der Waals surface area (Å²) < 4.78 is 25.7. The van der Waals surface area contributed by atoms with Crippen LogP contribution < -0.4 is 10.5 Å². The molecule has 1 fully saturated rings. The molecule has 1 aromatic heterocycles. The van der Waals surface area contributed by atoms with E-state index in [4.69, 9.17) is 5.73 Å². The molecule has 3 N–H and O–H groups in total. The van der Waals surface area contributed by atoms with E-state index >= 15 is 0 Å². The van der Waals surface area contributed by atoms with Crippen LogP contribution in [0.5, 0.6) is 0 Å². The Balaban J connectivity index is 2.10. The molecule has 5 nitrogen and oxygen atoms in total. The third-order valence-electron chi connectivity index (χ3n) is 2.27. The summed E-state index contributed by atoms with van der Waals surface area (Å²) in [6, 6.07) is 1.56. The number of hydrogen-bond donors (Lipinski definition) is 2.